The van der Waals surface area contributed by atoms with Crippen molar-refractivity contribution in [3.05, 3.63) is 137 Å². The Balaban J connectivity index is 1.61. The Bertz CT molecular complexity index is 1540. The van der Waals surface area contributed by atoms with Gasteiger partial charge in [0.2, 0.25) is 0 Å². The van der Waals surface area contributed by atoms with Crippen LogP contribution in [0.5, 0.6) is 28.7 Å². The van der Waals surface area contributed by atoms with Crippen molar-refractivity contribution >= 4 is 0 Å². The molecule has 0 amide bonds. The van der Waals surface area contributed by atoms with E-state index in [0.29, 0.717) is 50.9 Å². The minimum absolute atomic E-state index is 0.0742. The summed E-state index contributed by atoms with van der Waals surface area (Å²) < 4.78 is 0. The molecule has 5 rings (SSSR count). The van der Waals surface area contributed by atoms with E-state index in [0.717, 1.165) is 0 Å². The molecular weight excluding hydrogens is 476 g/mol. The topological polar surface area (TPSA) is 101 Å². The fourth-order valence-electron chi connectivity index (χ4n) is 4.75. The van der Waals surface area contributed by atoms with E-state index in [4.69, 9.17) is 0 Å². The lowest BCUT2D eigenvalue weighted by molar-refractivity contribution is 0.456. The summed E-state index contributed by atoms with van der Waals surface area (Å²) in [6, 6.07) is 30.1. The van der Waals surface area contributed by atoms with Gasteiger partial charge in [-0.2, -0.15) is 0 Å². The molecule has 0 aliphatic rings. The summed E-state index contributed by atoms with van der Waals surface area (Å²) in [6.07, 6.45) is 0.900. The SMILES string of the molecule is Oc1ccccc1Cc1cc(-c2cccc(Cc3ccccc3O)c2O)cc(Cc2ccccc2O)c1O. The molecule has 0 saturated carbocycles. The minimum atomic E-state index is 0.0742. The van der Waals surface area contributed by atoms with Crippen molar-refractivity contribution in [2.24, 2.45) is 0 Å². The number of aromatic hydroxyl groups is 5. The molecule has 0 radical (unpaired) electrons. The van der Waals surface area contributed by atoms with E-state index >= 15 is 0 Å². The Morgan fingerprint density at radius 3 is 1.21 bits per heavy atom. The van der Waals surface area contributed by atoms with Crippen LogP contribution in [-0.2, 0) is 19.3 Å². The maximum absolute atomic E-state index is 11.3. The van der Waals surface area contributed by atoms with Gasteiger partial charge >= 0.3 is 0 Å². The van der Waals surface area contributed by atoms with Crippen LogP contribution in [0.15, 0.2) is 103 Å². The van der Waals surface area contributed by atoms with E-state index in [1.54, 1.807) is 48.5 Å². The van der Waals surface area contributed by atoms with E-state index in [1.165, 1.54) is 0 Å². The van der Waals surface area contributed by atoms with E-state index in [1.807, 2.05) is 54.6 Å². The second-order valence-corrected chi connectivity index (χ2v) is 9.37. The van der Waals surface area contributed by atoms with Gasteiger partial charge in [-0.15, -0.1) is 0 Å². The van der Waals surface area contributed by atoms with Gasteiger partial charge in [0.15, 0.2) is 0 Å². The molecule has 190 valence electrons. The predicted molar refractivity (Wildman–Crippen MR) is 148 cm³/mol. The Morgan fingerprint density at radius 1 is 0.368 bits per heavy atom. The summed E-state index contributed by atoms with van der Waals surface area (Å²) in [5, 5.41) is 53.5. The van der Waals surface area contributed by atoms with Gasteiger partial charge in [-0.1, -0.05) is 72.8 Å². The number of phenolic OH excluding ortho intramolecular Hbond substituents is 5. The highest BCUT2D eigenvalue weighted by Crippen LogP contribution is 2.39. The number of hydrogen-bond donors (Lipinski definition) is 5. The summed E-state index contributed by atoms with van der Waals surface area (Å²) in [6.45, 7) is 0. The second-order valence-electron chi connectivity index (χ2n) is 9.37. The molecule has 5 aromatic rings. The van der Waals surface area contributed by atoms with Gasteiger partial charge < -0.3 is 25.5 Å². The van der Waals surface area contributed by atoms with Crippen molar-refractivity contribution in [1.82, 2.24) is 0 Å². The maximum Gasteiger partial charge on any atom is 0.126 e. The van der Waals surface area contributed by atoms with Crippen LogP contribution >= 0.6 is 0 Å². The zero-order chi connectivity index (χ0) is 26.6. The van der Waals surface area contributed by atoms with Crippen molar-refractivity contribution < 1.29 is 25.5 Å². The molecule has 5 heteroatoms. The third-order valence-corrected chi connectivity index (χ3v) is 6.82. The third-order valence-electron chi connectivity index (χ3n) is 6.82. The Labute approximate surface area is 221 Å². The van der Waals surface area contributed by atoms with Crippen LogP contribution in [-0.4, -0.2) is 25.5 Å². The van der Waals surface area contributed by atoms with Crippen molar-refractivity contribution in [3.63, 3.8) is 0 Å². The van der Waals surface area contributed by atoms with Crippen LogP contribution < -0.4 is 0 Å². The van der Waals surface area contributed by atoms with Gasteiger partial charge in [0, 0.05) is 24.8 Å². The van der Waals surface area contributed by atoms with Crippen molar-refractivity contribution in [1.29, 1.82) is 0 Å². The lowest BCUT2D eigenvalue weighted by atomic mass is 9.90. The van der Waals surface area contributed by atoms with Crippen LogP contribution in [0.2, 0.25) is 0 Å². The molecule has 38 heavy (non-hydrogen) atoms. The number of rotatable bonds is 7. The molecule has 0 aliphatic heterocycles. The highest BCUT2D eigenvalue weighted by Gasteiger charge is 2.18. The smallest absolute Gasteiger partial charge is 0.126 e. The van der Waals surface area contributed by atoms with Crippen molar-refractivity contribution in [3.8, 4) is 39.9 Å². The molecule has 0 atom stereocenters. The zero-order valence-electron chi connectivity index (χ0n) is 20.7. The normalized spacial score (nSPS) is 10.9. The molecule has 0 aromatic heterocycles. The fraction of sp³-hybridized carbons (Fsp3) is 0.0909. The highest BCUT2D eigenvalue weighted by atomic mass is 16.3. The molecule has 0 heterocycles. The molecule has 5 N–H and O–H groups in total. The molecular formula is C33H28O5. The molecule has 0 unspecified atom stereocenters. The third kappa shape index (κ3) is 5.13. The van der Waals surface area contributed by atoms with Crippen LogP contribution in [0.1, 0.15) is 33.4 Å². The van der Waals surface area contributed by atoms with Crippen molar-refractivity contribution in [2.45, 2.75) is 19.3 Å². The molecule has 0 spiro atoms. The van der Waals surface area contributed by atoms with E-state index in [9.17, 15) is 25.5 Å². The van der Waals surface area contributed by atoms with Crippen LogP contribution in [0.3, 0.4) is 0 Å². The summed E-state index contributed by atoms with van der Waals surface area (Å²) in [7, 11) is 0. The maximum atomic E-state index is 11.3. The molecule has 5 nitrogen and oxygen atoms in total. The van der Waals surface area contributed by atoms with E-state index in [-0.39, 0.29) is 41.6 Å². The second kappa shape index (κ2) is 10.6. The Hall–Kier alpha value is -4.90. The molecule has 0 fully saturated rings. The standard InChI is InChI=1S/C33H28O5/c34-29-13-4-1-8-21(29)16-24-11-7-12-28(33(24)38)25-19-26(17-22-9-2-5-14-30(22)35)32(37)27(20-25)18-23-10-3-6-15-31(23)36/h1-15,19-20,34-38H,16-18H2. The summed E-state index contributed by atoms with van der Waals surface area (Å²) >= 11 is 0. The zero-order valence-corrected chi connectivity index (χ0v) is 20.7. The van der Waals surface area contributed by atoms with E-state index in [2.05, 4.69) is 0 Å². The Morgan fingerprint density at radius 2 is 0.763 bits per heavy atom. The van der Waals surface area contributed by atoms with Crippen LogP contribution in [0.25, 0.3) is 11.1 Å². The average Bonchev–Trinajstić information content (AvgIpc) is 2.91. The van der Waals surface area contributed by atoms with Gasteiger partial charge in [0.05, 0.1) is 0 Å². The van der Waals surface area contributed by atoms with Gasteiger partial charge in [-0.25, -0.2) is 0 Å². The number of benzene rings is 5. The molecule has 0 saturated heterocycles. The first-order valence-electron chi connectivity index (χ1n) is 12.4. The van der Waals surface area contributed by atoms with Crippen LogP contribution in [0, 0.1) is 0 Å². The van der Waals surface area contributed by atoms with Crippen molar-refractivity contribution in [2.75, 3.05) is 0 Å². The lowest BCUT2D eigenvalue weighted by Crippen LogP contribution is -1.98. The predicted octanol–water partition coefficient (Wildman–Crippen LogP) is 6.65. The molecule has 0 aliphatic carbocycles. The summed E-state index contributed by atoms with van der Waals surface area (Å²) in [5.41, 5.74) is 5.11. The number of para-hydroxylation sites is 4. The first kappa shape index (κ1) is 24.8. The first-order chi connectivity index (χ1) is 18.4. The van der Waals surface area contributed by atoms with Crippen LogP contribution in [0.4, 0.5) is 0 Å². The Kier molecular flexibility index (Phi) is 6.92. The number of phenols is 5. The minimum Gasteiger partial charge on any atom is -0.508 e. The van der Waals surface area contributed by atoms with Gasteiger partial charge in [-0.05, 0) is 69.3 Å². The average molecular weight is 505 g/mol. The van der Waals surface area contributed by atoms with Gasteiger partial charge in [0.1, 0.15) is 28.7 Å². The van der Waals surface area contributed by atoms with Gasteiger partial charge in [0.25, 0.3) is 0 Å². The van der Waals surface area contributed by atoms with Gasteiger partial charge in [-0.3, -0.25) is 0 Å². The fourth-order valence-corrected chi connectivity index (χ4v) is 4.75. The molecule has 5 aromatic carbocycles. The largest absolute Gasteiger partial charge is 0.508 e. The monoisotopic (exact) mass is 504 g/mol. The quantitative estimate of drug-likeness (QED) is 0.171. The lowest BCUT2D eigenvalue weighted by Gasteiger charge is -2.17. The molecule has 0 bridgehead atoms. The number of hydrogen-bond acceptors (Lipinski definition) is 5. The highest BCUT2D eigenvalue weighted by molar-refractivity contribution is 5.75. The van der Waals surface area contributed by atoms with E-state index < -0.39 is 0 Å². The summed E-state index contributed by atoms with van der Waals surface area (Å²) in [4.78, 5) is 0. The summed E-state index contributed by atoms with van der Waals surface area (Å²) in [5.74, 6) is 0.588. The first-order valence-corrected chi connectivity index (χ1v) is 12.4.